The molecule has 4 rings (SSSR count). The fraction of sp³-hybridized carbons (Fsp3) is 0.318. The van der Waals surface area contributed by atoms with Gasteiger partial charge in [0.15, 0.2) is 0 Å². The average Bonchev–Trinajstić information content (AvgIpc) is 2.69. The largest absolute Gasteiger partial charge is 0.493 e. The van der Waals surface area contributed by atoms with E-state index in [9.17, 15) is 4.79 Å². The summed E-state index contributed by atoms with van der Waals surface area (Å²) in [5.74, 6) is 1.40. The number of benzene rings is 2. The Morgan fingerprint density at radius 2 is 1.85 bits per heavy atom. The van der Waals surface area contributed by atoms with Crippen LogP contribution in [0.2, 0.25) is 5.02 Å². The predicted octanol–water partition coefficient (Wildman–Crippen LogP) is 4.47. The number of nitrogens with one attached hydrogen (secondary N) is 1. The van der Waals surface area contributed by atoms with Crippen LogP contribution in [0.15, 0.2) is 59.5 Å². The fourth-order valence-electron chi connectivity index (χ4n) is 3.63. The number of ether oxygens (including phenoxy) is 1. The number of hydrogen-bond acceptors (Lipinski definition) is 3. The van der Waals surface area contributed by atoms with Crippen LogP contribution in [0.1, 0.15) is 18.4 Å². The average molecular weight is 383 g/mol. The molecule has 0 unspecified atom stereocenters. The van der Waals surface area contributed by atoms with Crippen molar-refractivity contribution in [1.29, 1.82) is 0 Å². The summed E-state index contributed by atoms with van der Waals surface area (Å²) in [6, 6.07) is 15.7. The second-order valence-electron chi connectivity index (χ2n) is 7.21. The highest BCUT2D eigenvalue weighted by Gasteiger charge is 2.20. The van der Waals surface area contributed by atoms with Gasteiger partial charge in [-0.05, 0) is 79.2 Å². The first-order valence-corrected chi connectivity index (χ1v) is 9.76. The van der Waals surface area contributed by atoms with E-state index in [1.54, 1.807) is 6.20 Å². The number of nitrogens with zero attached hydrogens (tertiary/aromatic N) is 1. The lowest BCUT2D eigenvalue weighted by atomic mass is 9.97. The van der Waals surface area contributed by atoms with Crippen molar-refractivity contribution in [3.05, 3.63) is 75.7 Å². The molecule has 4 nitrogen and oxygen atoms in total. The Bertz CT molecular complexity index is 960. The van der Waals surface area contributed by atoms with Gasteiger partial charge in [-0.15, -0.1) is 0 Å². The molecular weight excluding hydrogens is 360 g/mol. The quantitative estimate of drug-likeness (QED) is 0.708. The van der Waals surface area contributed by atoms with Gasteiger partial charge in [0, 0.05) is 23.2 Å². The monoisotopic (exact) mass is 382 g/mol. The molecule has 0 atom stereocenters. The number of fused-ring (bicyclic) bond motifs is 1. The van der Waals surface area contributed by atoms with E-state index in [1.165, 1.54) is 5.56 Å². The molecule has 3 aromatic rings. The smallest absolute Gasteiger partial charge is 0.255 e. The van der Waals surface area contributed by atoms with Crippen molar-refractivity contribution in [2.24, 2.45) is 5.92 Å². The molecule has 2 aromatic carbocycles. The van der Waals surface area contributed by atoms with Gasteiger partial charge in [0.25, 0.3) is 5.56 Å². The lowest BCUT2D eigenvalue weighted by molar-refractivity contribution is 0.137. The second kappa shape index (κ2) is 8.15. The Morgan fingerprint density at radius 3 is 2.63 bits per heavy atom. The van der Waals surface area contributed by atoms with Gasteiger partial charge in [0.1, 0.15) is 5.75 Å². The maximum Gasteiger partial charge on any atom is 0.255 e. The standard InChI is InChI=1S/C22H23ClN2O2/c23-19-3-1-16(2-4-19)14-25-11-8-17(9-12-25)15-27-20-5-6-21-18(13-20)7-10-24-22(21)26/h1-7,10,13,17H,8-9,11-12,14-15H2,(H,24,26). The first-order valence-electron chi connectivity index (χ1n) is 9.38. The fourth-order valence-corrected chi connectivity index (χ4v) is 3.76. The Kier molecular flexibility index (Phi) is 5.46. The molecule has 0 radical (unpaired) electrons. The number of halogens is 1. The van der Waals surface area contributed by atoms with E-state index in [0.29, 0.717) is 11.3 Å². The minimum absolute atomic E-state index is 0.0629. The number of rotatable bonds is 5. The van der Waals surface area contributed by atoms with E-state index in [0.717, 1.165) is 55.2 Å². The minimum Gasteiger partial charge on any atom is -0.493 e. The van der Waals surface area contributed by atoms with Crippen LogP contribution in [-0.4, -0.2) is 29.6 Å². The zero-order chi connectivity index (χ0) is 18.6. The molecule has 1 N–H and O–H groups in total. The van der Waals surface area contributed by atoms with Crippen LogP contribution in [0.25, 0.3) is 10.8 Å². The topological polar surface area (TPSA) is 45.3 Å². The number of aromatic nitrogens is 1. The molecule has 1 saturated heterocycles. The van der Waals surface area contributed by atoms with Crippen LogP contribution in [-0.2, 0) is 6.54 Å². The number of piperidine rings is 1. The van der Waals surface area contributed by atoms with Crippen molar-refractivity contribution in [3.63, 3.8) is 0 Å². The van der Waals surface area contributed by atoms with Crippen LogP contribution >= 0.6 is 11.6 Å². The maximum absolute atomic E-state index is 11.8. The van der Waals surface area contributed by atoms with Gasteiger partial charge in [-0.25, -0.2) is 0 Å². The summed E-state index contributed by atoms with van der Waals surface area (Å²) in [7, 11) is 0. The number of H-pyrrole nitrogens is 1. The summed E-state index contributed by atoms with van der Waals surface area (Å²) >= 11 is 5.95. The van der Waals surface area contributed by atoms with E-state index >= 15 is 0 Å². The molecule has 0 bridgehead atoms. The maximum atomic E-state index is 11.8. The Morgan fingerprint density at radius 1 is 1.07 bits per heavy atom. The zero-order valence-corrected chi connectivity index (χ0v) is 15.9. The molecule has 1 aliphatic heterocycles. The van der Waals surface area contributed by atoms with Crippen molar-refractivity contribution in [3.8, 4) is 5.75 Å². The summed E-state index contributed by atoms with van der Waals surface area (Å²) < 4.78 is 6.01. The summed E-state index contributed by atoms with van der Waals surface area (Å²) in [6.07, 6.45) is 3.95. The molecule has 0 amide bonds. The van der Waals surface area contributed by atoms with Crippen LogP contribution in [0.5, 0.6) is 5.75 Å². The summed E-state index contributed by atoms with van der Waals surface area (Å²) in [5.41, 5.74) is 1.24. The predicted molar refractivity (Wildman–Crippen MR) is 110 cm³/mol. The highest BCUT2D eigenvalue weighted by Crippen LogP contribution is 2.23. The molecule has 0 saturated carbocycles. The first-order chi connectivity index (χ1) is 13.2. The number of pyridine rings is 1. The molecule has 1 fully saturated rings. The summed E-state index contributed by atoms with van der Waals surface area (Å²) in [6.45, 7) is 3.88. The van der Waals surface area contributed by atoms with Crippen LogP contribution in [0.3, 0.4) is 0 Å². The molecule has 140 valence electrons. The number of hydrogen-bond donors (Lipinski definition) is 1. The Hall–Kier alpha value is -2.30. The van der Waals surface area contributed by atoms with E-state index < -0.39 is 0 Å². The van der Waals surface area contributed by atoms with Gasteiger partial charge >= 0.3 is 0 Å². The third-order valence-corrected chi connectivity index (χ3v) is 5.51. The van der Waals surface area contributed by atoms with Crippen molar-refractivity contribution in [1.82, 2.24) is 9.88 Å². The van der Waals surface area contributed by atoms with Crippen molar-refractivity contribution >= 4 is 22.4 Å². The van der Waals surface area contributed by atoms with E-state index in [2.05, 4.69) is 22.0 Å². The Balaban J connectivity index is 1.28. The summed E-state index contributed by atoms with van der Waals surface area (Å²) in [5, 5.41) is 2.39. The SMILES string of the molecule is O=c1[nH]ccc2cc(OCC3CCN(Cc4ccc(Cl)cc4)CC3)ccc12. The number of aromatic amines is 1. The van der Waals surface area contributed by atoms with E-state index in [4.69, 9.17) is 16.3 Å². The molecule has 27 heavy (non-hydrogen) atoms. The lowest BCUT2D eigenvalue weighted by Crippen LogP contribution is -2.35. The second-order valence-corrected chi connectivity index (χ2v) is 7.65. The molecule has 5 heteroatoms. The summed E-state index contributed by atoms with van der Waals surface area (Å²) in [4.78, 5) is 16.9. The van der Waals surface area contributed by atoms with Gasteiger partial charge in [-0.1, -0.05) is 23.7 Å². The Labute approximate surface area is 163 Å². The zero-order valence-electron chi connectivity index (χ0n) is 15.2. The molecule has 1 aromatic heterocycles. The number of likely N-dealkylation sites (tertiary alicyclic amines) is 1. The van der Waals surface area contributed by atoms with Gasteiger partial charge in [0.05, 0.1) is 6.61 Å². The highest BCUT2D eigenvalue weighted by molar-refractivity contribution is 6.30. The van der Waals surface area contributed by atoms with E-state index in [1.807, 2.05) is 36.4 Å². The third kappa shape index (κ3) is 4.52. The van der Waals surface area contributed by atoms with Crippen LogP contribution in [0.4, 0.5) is 0 Å². The third-order valence-electron chi connectivity index (χ3n) is 5.26. The van der Waals surface area contributed by atoms with Gasteiger partial charge in [-0.3, -0.25) is 9.69 Å². The van der Waals surface area contributed by atoms with Gasteiger partial charge in [0.2, 0.25) is 0 Å². The molecule has 2 heterocycles. The van der Waals surface area contributed by atoms with Crippen molar-refractivity contribution in [2.45, 2.75) is 19.4 Å². The van der Waals surface area contributed by atoms with E-state index in [-0.39, 0.29) is 5.56 Å². The normalized spacial score (nSPS) is 15.9. The molecular formula is C22H23ClN2O2. The highest BCUT2D eigenvalue weighted by atomic mass is 35.5. The van der Waals surface area contributed by atoms with Gasteiger partial charge in [-0.2, -0.15) is 0 Å². The first kappa shape index (κ1) is 18.1. The van der Waals surface area contributed by atoms with Crippen LogP contribution < -0.4 is 10.3 Å². The lowest BCUT2D eigenvalue weighted by Gasteiger charge is -2.31. The van der Waals surface area contributed by atoms with Crippen molar-refractivity contribution < 1.29 is 4.74 Å². The molecule has 1 aliphatic rings. The molecule has 0 aliphatic carbocycles. The minimum atomic E-state index is -0.0629. The van der Waals surface area contributed by atoms with Crippen LogP contribution in [0, 0.1) is 5.92 Å². The molecule has 0 spiro atoms. The van der Waals surface area contributed by atoms with Crippen molar-refractivity contribution in [2.75, 3.05) is 19.7 Å². The van der Waals surface area contributed by atoms with Gasteiger partial charge < -0.3 is 9.72 Å².